The number of nitrogens with zero attached hydrogens (tertiary/aromatic N) is 3. The van der Waals surface area contributed by atoms with Crippen LogP contribution in [-0.2, 0) is 30.0 Å². The summed E-state index contributed by atoms with van der Waals surface area (Å²) in [6.45, 7) is 0.254. The van der Waals surface area contributed by atoms with Gasteiger partial charge in [-0.2, -0.15) is 9.40 Å². The second-order valence-corrected chi connectivity index (χ2v) is 7.62. The summed E-state index contributed by atoms with van der Waals surface area (Å²) in [6.07, 6.45) is 0.378. The van der Waals surface area contributed by atoms with E-state index >= 15 is 0 Å². The minimum Gasteiger partial charge on any atom is -0.477 e. The number of fused-ring (bicyclic) bond motifs is 1. The molecule has 1 aromatic carbocycles. The van der Waals surface area contributed by atoms with Crippen molar-refractivity contribution in [1.82, 2.24) is 14.1 Å². The third-order valence-electron chi connectivity index (χ3n) is 3.81. The Labute approximate surface area is 138 Å². The zero-order valence-electron chi connectivity index (χ0n) is 12.2. The van der Waals surface area contributed by atoms with Crippen LogP contribution in [0.15, 0.2) is 29.2 Å². The fourth-order valence-electron chi connectivity index (χ4n) is 2.70. The van der Waals surface area contributed by atoms with Crippen molar-refractivity contribution in [3.63, 3.8) is 0 Å². The molecule has 0 amide bonds. The van der Waals surface area contributed by atoms with Gasteiger partial charge in [-0.25, -0.2) is 13.2 Å². The Morgan fingerprint density at radius 3 is 2.57 bits per heavy atom. The lowest BCUT2D eigenvalue weighted by Gasteiger charge is -2.26. The average Bonchev–Trinajstić information content (AvgIpc) is 2.82. The van der Waals surface area contributed by atoms with Gasteiger partial charge >= 0.3 is 5.97 Å². The number of halogens is 1. The normalized spacial score (nSPS) is 15.4. The van der Waals surface area contributed by atoms with Crippen LogP contribution in [0, 0.1) is 0 Å². The number of aromatic nitrogens is 2. The number of carboxylic acid groups (broad SMARTS) is 1. The van der Waals surface area contributed by atoms with Gasteiger partial charge in [0.2, 0.25) is 10.0 Å². The molecule has 0 saturated heterocycles. The third kappa shape index (κ3) is 2.73. The molecular weight excluding hydrogens is 342 g/mol. The first-order valence-corrected chi connectivity index (χ1v) is 8.66. The molecule has 0 radical (unpaired) electrons. The van der Waals surface area contributed by atoms with Gasteiger partial charge in [0, 0.05) is 37.1 Å². The van der Waals surface area contributed by atoms with E-state index < -0.39 is 16.0 Å². The molecule has 1 aliphatic rings. The van der Waals surface area contributed by atoms with Gasteiger partial charge in [-0.15, -0.1) is 0 Å². The molecule has 7 nitrogen and oxygen atoms in total. The predicted molar refractivity (Wildman–Crippen MR) is 82.9 cm³/mol. The van der Waals surface area contributed by atoms with Crippen LogP contribution in [-0.4, -0.2) is 40.1 Å². The molecule has 2 heterocycles. The number of aryl methyl sites for hydroxylation is 1. The van der Waals surface area contributed by atoms with Crippen molar-refractivity contribution in [3.05, 3.63) is 46.2 Å². The number of benzene rings is 1. The van der Waals surface area contributed by atoms with Crippen LogP contribution >= 0.6 is 11.6 Å². The number of sulfonamides is 1. The topological polar surface area (TPSA) is 92.5 Å². The minimum absolute atomic E-state index is 0.00420. The van der Waals surface area contributed by atoms with Crippen molar-refractivity contribution < 1.29 is 18.3 Å². The Morgan fingerprint density at radius 1 is 1.30 bits per heavy atom. The molecule has 1 N–H and O–H groups in total. The van der Waals surface area contributed by atoms with E-state index in [-0.39, 0.29) is 23.7 Å². The van der Waals surface area contributed by atoms with Gasteiger partial charge in [0.05, 0.1) is 10.6 Å². The van der Waals surface area contributed by atoms with Gasteiger partial charge in [0.1, 0.15) is 0 Å². The number of carbonyl (C=O) groups is 1. The van der Waals surface area contributed by atoms with E-state index in [4.69, 9.17) is 11.6 Å². The van der Waals surface area contributed by atoms with E-state index in [0.717, 1.165) is 0 Å². The number of hydrogen-bond acceptors (Lipinski definition) is 4. The maximum Gasteiger partial charge on any atom is 0.354 e. The molecule has 122 valence electrons. The van der Waals surface area contributed by atoms with E-state index in [1.807, 2.05) is 0 Å². The van der Waals surface area contributed by atoms with Crippen molar-refractivity contribution in [2.24, 2.45) is 7.05 Å². The van der Waals surface area contributed by atoms with Crippen molar-refractivity contribution in [1.29, 1.82) is 0 Å². The number of rotatable bonds is 3. The van der Waals surface area contributed by atoms with E-state index in [9.17, 15) is 18.3 Å². The highest BCUT2D eigenvalue weighted by atomic mass is 35.5. The molecule has 23 heavy (non-hydrogen) atoms. The van der Waals surface area contributed by atoms with Crippen molar-refractivity contribution >= 4 is 27.6 Å². The monoisotopic (exact) mass is 355 g/mol. The van der Waals surface area contributed by atoms with Gasteiger partial charge < -0.3 is 5.11 Å². The van der Waals surface area contributed by atoms with Crippen molar-refractivity contribution in [2.45, 2.75) is 17.9 Å². The van der Waals surface area contributed by atoms with Crippen molar-refractivity contribution in [3.8, 4) is 0 Å². The van der Waals surface area contributed by atoms with Crippen LogP contribution in [0.25, 0.3) is 0 Å². The van der Waals surface area contributed by atoms with E-state index in [0.29, 0.717) is 22.7 Å². The molecule has 1 aromatic heterocycles. The van der Waals surface area contributed by atoms with Crippen LogP contribution in [0.4, 0.5) is 0 Å². The van der Waals surface area contributed by atoms with Crippen molar-refractivity contribution in [2.75, 3.05) is 6.54 Å². The highest BCUT2D eigenvalue weighted by molar-refractivity contribution is 7.89. The third-order valence-corrected chi connectivity index (χ3v) is 5.93. The molecule has 9 heteroatoms. The maximum absolute atomic E-state index is 12.7. The van der Waals surface area contributed by atoms with Gasteiger partial charge in [0.15, 0.2) is 5.69 Å². The van der Waals surface area contributed by atoms with Crippen LogP contribution in [0.3, 0.4) is 0 Å². The standard InChI is InChI=1S/C14H14ClN3O4S/c1-17-13(14(19)20)11-8-18(7-6-12(11)16-17)23(21,22)10-4-2-9(15)3-5-10/h2-5H,6-8H2,1H3,(H,19,20). The Bertz CT molecular complexity index is 874. The second kappa shape index (κ2) is 5.63. The van der Waals surface area contributed by atoms with Gasteiger partial charge in [-0.05, 0) is 24.3 Å². The van der Waals surface area contributed by atoms with E-state index in [1.54, 1.807) is 7.05 Å². The Morgan fingerprint density at radius 2 is 1.96 bits per heavy atom. The summed E-state index contributed by atoms with van der Waals surface area (Å²) in [5, 5.41) is 13.9. The lowest BCUT2D eigenvalue weighted by atomic mass is 10.1. The Hall–Kier alpha value is -1.90. The quantitative estimate of drug-likeness (QED) is 0.901. The highest BCUT2D eigenvalue weighted by Gasteiger charge is 2.33. The van der Waals surface area contributed by atoms with Crippen LogP contribution in [0.2, 0.25) is 5.02 Å². The summed E-state index contributed by atoms with van der Waals surface area (Å²) >= 11 is 5.79. The summed E-state index contributed by atoms with van der Waals surface area (Å²) in [5.41, 5.74) is 1.10. The van der Waals surface area contributed by atoms with Gasteiger partial charge in [-0.1, -0.05) is 11.6 Å². The number of carboxylic acids is 1. The molecular formula is C14H14ClN3O4S. The number of aromatic carboxylic acids is 1. The lowest BCUT2D eigenvalue weighted by Crippen LogP contribution is -2.36. The summed E-state index contributed by atoms with van der Waals surface area (Å²) in [6, 6.07) is 5.90. The van der Waals surface area contributed by atoms with Crippen LogP contribution < -0.4 is 0 Å². The highest BCUT2D eigenvalue weighted by Crippen LogP contribution is 2.27. The fraction of sp³-hybridized carbons (Fsp3) is 0.286. The maximum atomic E-state index is 12.7. The van der Waals surface area contributed by atoms with Crippen LogP contribution in [0.1, 0.15) is 21.7 Å². The number of hydrogen-bond donors (Lipinski definition) is 1. The zero-order valence-corrected chi connectivity index (χ0v) is 13.8. The summed E-state index contributed by atoms with van der Waals surface area (Å²) in [5.74, 6) is -1.12. The first-order valence-electron chi connectivity index (χ1n) is 6.84. The first kappa shape index (κ1) is 16.0. The minimum atomic E-state index is -3.71. The van der Waals surface area contributed by atoms with E-state index in [1.165, 1.54) is 33.3 Å². The van der Waals surface area contributed by atoms with Gasteiger partial charge in [-0.3, -0.25) is 4.68 Å². The molecule has 0 saturated carbocycles. The summed E-state index contributed by atoms with van der Waals surface area (Å²) in [4.78, 5) is 11.5. The molecule has 0 bridgehead atoms. The van der Waals surface area contributed by atoms with E-state index in [2.05, 4.69) is 5.10 Å². The Balaban J connectivity index is 1.98. The summed E-state index contributed by atoms with van der Waals surface area (Å²) < 4.78 is 28.0. The molecule has 0 unspecified atom stereocenters. The largest absolute Gasteiger partial charge is 0.477 e. The molecule has 2 aromatic rings. The zero-order chi connectivity index (χ0) is 16.8. The first-order chi connectivity index (χ1) is 10.8. The lowest BCUT2D eigenvalue weighted by molar-refractivity contribution is 0.0683. The average molecular weight is 356 g/mol. The van der Waals surface area contributed by atoms with Crippen LogP contribution in [0.5, 0.6) is 0 Å². The second-order valence-electron chi connectivity index (χ2n) is 5.25. The molecule has 0 spiro atoms. The molecule has 0 aliphatic carbocycles. The smallest absolute Gasteiger partial charge is 0.354 e. The van der Waals surface area contributed by atoms with Gasteiger partial charge in [0.25, 0.3) is 0 Å². The molecule has 1 aliphatic heterocycles. The predicted octanol–water partition coefficient (Wildman–Crippen LogP) is 1.52. The Kier molecular flexibility index (Phi) is 3.91. The molecule has 0 atom stereocenters. The molecule has 0 fully saturated rings. The SMILES string of the molecule is Cn1nc2c(c1C(=O)O)CN(S(=O)(=O)c1ccc(Cl)cc1)CC2. The summed E-state index contributed by atoms with van der Waals surface area (Å²) in [7, 11) is -2.17. The fourth-order valence-corrected chi connectivity index (χ4v) is 4.24. The molecule has 3 rings (SSSR count).